The van der Waals surface area contributed by atoms with Gasteiger partial charge in [0.2, 0.25) is 0 Å². The standard InChI is InChI=1S/C5H11F3N2O/c1-9-2-3-10-4-11-5(6,7)8/h9-10H,2-4H2,1H3. The van der Waals surface area contributed by atoms with Crippen LogP contribution < -0.4 is 10.6 Å². The van der Waals surface area contributed by atoms with Crippen molar-refractivity contribution in [3.8, 4) is 0 Å². The van der Waals surface area contributed by atoms with Gasteiger partial charge in [0.05, 0.1) is 0 Å². The minimum atomic E-state index is -4.54. The minimum Gasteiger partial charge on any atom is -0.318 e. The number of hydrogen-bond acceptors (Lipinski definition) is 3. The van der Waals surface area contributed by atoms with E-state index in [4.69, 9.17) is 0 Å². The van der Waals surface area contributed by atoms with Crippen LogP contribution in [0, 0.1) is 0 Å². The van der Waals surface area contributed by atoms with E-state index in [1.54, 1.807) is 7.05 Å². The second-order valence-electron chi connectivity index (χ2n) is 1.84. The fourth-order valence-corrected chi connectivity index (χ4v) is 0.418. The average molecular weight is 172 g/mol. The zero-order valence-electron chi connectivity index (χ0n) is 6.16. The van der Waals surface area contributed by atoms with Gasteiger partial charge in [-0.05, 0) is 7.05 Å². The molecule has 0 bridgehead atoms. The molecular formula is C5H11F3N2O. The largest absolute Gasteiger partial charge is 0.523 e. The van der Waals surface area contributed by atoms with Gasteiger partial charge in [0, 0.05) is 13.1 Å². The second-order valence-corrected chi connectivity index (χ2v) is 1.84. The number of ether oxygens (including phenoxy) is 1. The van der Waals surface area contributed by atoms with Gasteiger partial charge in [-0.3, -0.25) is 10.1 Å². The maximum Gasteiger partial charge on any atom is 0.523 e. The second kappa shape index (κ2) is 5.34. The zero-order chi connectivity index (χ0) is 8.74. The Kier molecular flexibility index (Phi) is 5.18. The van der Waals surface area contributed by atoms with E-state index >= 15 is 0 Å². The maximum absolute atomic E-state index is 11.3. The first-order valence-corrected chi connectivity index (χ1v) is 3.12. The maximum atomic E-state index is 11.3. The third-order valence-electron chi connectivity index (χ3n) is 0.890. The van der Waals surface area contributed by atoms with Crippen LogP contribution in [0.25, 0.3) is 0 Å². The van der Waals surface area contributed by atoms with Crippen LogP contribution in [0.15, 0.2) is 0 Å². The third kappa shape index (κ3) is 9.67. The predicted molar refractivity (Wildman–Crippen MR) is 33.9 cm³/mol. The van der Waals surface area contributed by atoms with Gasteiger partial charge in [0.15, 0.2) is 0 Å². The highest BCUT2D eigenvalue weighted by Crippen LogP contribution is 2.14. The van der Waals surface area contributed by atoms with Crippen LogP contribution in [0.5, 0.6) is 0 Å². The molecule has 0 saturated carbocycles. The van der Waals surface area contributed by atoms with E-state index in [9.17, 15) is 13.2 Å². The van der Waals surface area contributed by atoms with Crippen LogP contribution in [0.4, 0.5) is 13.2 Å². The molecule has 3 nitrogen and oxygen atoms in total. The quantitative estimate of drug-likeness (QED) is 0.462. The van der Waals surface area contributed by atoms with Crippen molar-refractivity contribution in [2.75, 3.05) is 26.9 Å². The molecule has 6 heteroatoms. The van der Waals surface area contributed by atoms with Crippen molar-refractivity contribution in [3.63, 3.8) is 0 Å². The van der Waals surface area contributed by atoms with Crippen molar-refractivity contribution >= 4 is 0 Å². The van der Waals surface area contributed by atoms with Crippen molar-refractivity contribution in [2.45, 2.75) is 6.36 Å². The van der Waals surface area contributed by atoms with Crippen LogP contribution in [-0.2, 0) is 4.74 Å². The Bertz CT molecular complexity index is 96.2. The fourth-order valence-electron chi connectivity index (χ4n) is 0.418. The van der Waals surface area contributed by atoms with Gasteiger partial charge in [-0.25, -0.2) is 0 Å². The highest BCUT2D eigenvalue weighted by Gasteiger charge is 2.28. The molecule has 0 atom stereocenters. The molecule has 0 aromatic heterocycles. The lowest BCUT2D eigenvalue weighted by molar-refractivity contribution is -0.326. The van der Waals surface area contributed by atoms with Crippen LogP contribution in [0.3, 0.4) is 0 Å². The van der Waals surface area contributed by atoms with Crippen LogP contribution in [0.2, 0.25) is 0 Å². The highest BCUT2D eigenvalue weighted by molar-refractivity contribution is 4.42. The Morgan fingerprint density at radius 3 is 2.36 bits per heavy atom. The van der Waals surface area contributed by atoms with E-state index in [1.165, 1.54) is 0 Å². The summed E-state index contributed by atoms with van der Waals surface area (Å²) in [5.41, 5.74) is 0. The lowest BCUT2D eigenvalue weighted by Crippen LogP contribution is -2.30. The van der Waals surface area contributed by atoms with E-state index in [2.05, 4.69) is 15.4 Å². The summed E-state index contributed by atoms with van der Waals surface area (Å²) in [5.74, 6) is 0. The number of halogens is 3. The fraction of sp³-hybridized carbons (Fsp3) is 1.00. The zero-order valence-corrected chi connectivity index (χ0v) is 6.16. The Morgan fingerprint density at radius 1 is 1.27 bits per heavy atom. The average Bonchev–Trinajstić information content (AvgIpc) is 1.85. The number of rotatable bonds is 5. The van der Waals surface area contributed by atoms with E-state index in [0.29, 0.717) is 13.1 Å². The molecule has 0 heterocycles. The summed E-state index contributed by atoms with van der Waals surface area (Å²) in [6.07, 6.45) is -4.54. The van der Waals surface area contributed by atoms with Crippen molar-refractivity contribution in [3.05, 3.63) is 0 Å². The summed E-state index contributed by atoms with van der Waals surface area (Å²) >= 11 is 0. The summed E-state index contributed by atoms with van der Waals surface area (Å²) in [7, 11) is 1.71. The summed E-state index contributed by atoms with van der Waals surface area (Å²) in [5, 5.41) is 5.20. The van der Waals surface area contributed by atoms with E-state index in [-0.39, 0.29) is 0 Å². The van der Waals surface area contributed by atoms with Crippen molar-refractivity contribution < 1.29 is 17.9 Å². The van der Waals surface area contributed by atoms with E-state index in [1.807, 2.05) is 0 Å². The molecular weight excluding hydrogens is 161 g/mol. The summed E-state index contributed by atoms with van der Waals surface area (Å²) in [4.78, 5) is 0. The van der Waals surface area contributed by atoms with Crippen LogP contribution in [-0.4, -0.2) is 33.2 Å². The lowest BCUT2D eigenvalue weighted by Gasteiger charge is -2.07. The van der Waals surface area contributed by atoms with Gasteiger partial charge in [0.25, 0.3) is 0 Å². The van der Waals surface area contributed by atoms with Gasteiger partial charge in [0.1, 0.15) is 6.73 Å². The Balaban J connectivity index is 3.02. The smallest absolute Gasteiger partial charge is 0.318 e. The molecule has 0 saturated heterocycles. The normalized spacial score (nSPS) is 12.0. The molecule has 0 radical (unpaired) electrons. The first-order valence-electron chi connectivity index (χ1n) is 3.12. The molecule has 0 unspecified atom stereocenters. The monoisotopic (exact) mass is 172 g/mol. The third-order valence-corrected chi connectivity index (χ3v) is 0.890. The Morgan fingerprint density at radius 2 is 1.91 bits per heavy atom. The molecule has 0 aliphatic heterocycles. The van der Waals surface area contributed by atoms with Gasteiger partial charge in [-0.2, -0.15) is 0 Å². The van der Waals surface area contributed by atoms with E-state index in [0.717, 1.165) is 0 Å². The molecule has 11 heavy (non-hydrogen) atoms. The van der Waals surface area contributed by atoms with Gasteiger partial charge in [-0.1, -0.05) is 0 Å². The van der Waals surface area contributed by atoms with Crippen molar-refractivity contribution in [1.82, 2.24) is 10.6 Å². The van der Waals surface area contributed by atoms with Crippen LogP contribution >= 0.6 is 0 Å². The van der Waals surface area contributed by atoms with Gasteiger partial charge >= 0.3 is 6.36 Å². The molecule has 0 aromatic carbocycles. The molecule has 0 rings (SSSR count). The minimum absolute atomic E-state index is 0.451. The van der Waals surface area contributed by atoms with Crippen molar-refractivity contribution in [1.29, 1.82) is 0 Å². The predicted octanol–water partition coefficient (Wildman–Crippen LogP) is 0.289. The number of alkyl halides is 3. The van der Waals surface area contributed by atoms with Gasteiger partial charge in [-0.15, -0.1) is 13.2 Å². The van der Waals surface area contributed by atoms with Gasteiger partial charge < -0.3 is 5.32 Å². The molecule has 2 N–H and O–H groups in total. The number of nitrogens with one attached hydrogen (secondary N) is 2. The number of likely N-dealkylation sites (N-methyl/N-ethyl adjacent to an activating group) is 1. The van der Waals surface area contributed by atoms with Crippen molar-refractivity contribution in [2.24, 2.45) is 0 Å². The molecule has 68 valence electrons. The van der Waals surface area contributed by atoms with E-state index < -0.39 is 13.1 Å². The van der Waals surface area contributed by atoms with Crippen LogP contribution in [0.1, 0.15) is 0 Å². The Hall–Kier alpha value is -0.330. The molecule has 0 aromatic rings. The summed E-state index contributed by atoms with van der Waals surface area (Å²) in [6, 6.07) is 0. The molecule has 0 spiro atoms. The molecule has 0 aliphatic carbocycles. The summed E-state index contributed by atoms with van der Waals surface area (Å²) < 4.78 is 37.3. The molecule has 0 amide bonds. The highest BCUT2D eigenvalue weighted by atomic mass is 19.4. The summed E-state index contributed by atoms with van der Waals surface area (Å²) in [6.45, 7) is 0.568. The number of hydrogen-bond donors (Lipinski definition) is 2. The Labute approximate surface area is 62.9 Å². The lowest BCUT2D eigenvalue weighted by atomic mass is 10.6. The topological polar surface area (TPSA) is 33.3 Å². The molecule has 0 fully saturated rings. The molecule has 0 aliphatic rings. The first kappa shape index (κ1) is 10.7. The first-order chi connectivity index (χ1) is 5.06. The SMILES string of the molecule is CNCCNCOC(F)(F)F.